The second kappa shape index (κ2) is 5.66. The molecule has 1 aromatic rings. The minimum absolute atomic E-state index is 0. The van der Waals surface area contributed by atoms with Gasteiger partial charge in [-0.15, -0.1) is 0 Å². The Kier molecular flexibility index (Phi) is 4.82. The number of fused-ring (bicyclic) bond motifs is 1. The maximum atomic E-state index is 2.36. The molecule has 0 aromatic heterocycles. The van der Waals surface area contributed by atoms with Crippen molar-refractivity contribution in [3.63, 3.8) is 0 Å². The third-order valence-corrected chi connectivity index (χ3v) is 2.61. The number of unbranched alkanes of at least 4 members (excludes halogenated alkanes) is 1. The van der Waals surface area contributed by atoms with E-state index in [1.54, 1.807) is 0 Å². The van der Waals surface area contributed by atoms with Gasteiger partial charge in [0.1, 0.15) is 0 Å². The van der Waals surface area contributed by atoms with E-state index in [1.807, 2.05) is 0 Å². The third-order valence-electron chi connectivity index (χ3n) is 2.61. The summed E-state index contributed by atoms with van der Waals surface area (Å²) in [5, 5.41) is 0. The zero-order valence-corrected chi connectivity index (χ0v) is 11.0. The van der Waals surface area contributed by atoms with E-state index in [4.69, 9.17) is 0 Å². The van der Waals surface area contributed by atoms with Crippen LogP contribution in [0.3, 0.4) is 0 Å². The van der Waals surface area contributed by atoms with Crippen LogP contribution in [0.4, 0.5) is 0 Å². The molecule has 0 saturated carbocycles. The summed E-state index contributed by atoms with van der Waals surface area (Å²) in [6.45, 7) is 2.20. The van der Waals surface area contributed by atoms with Gasteiger partial charge in [0, 0.05) is 26.2 Å². The van der Waals surface area contributed by atoms with Gasteiger partial charge in [-0.1, -0.05) is 43.3 Å². The molecule has 0 heterocycles. The van der Waals surface area contributed by atoms with Crippen LogP contribution < -0.4 is 0 Å². The molecule has 0 fully saturated rings. The molecule has 1 atom stereocenters. The van der Waals surface area contributed by atoms with E-state index in [0.717, 1.165) is 0 Å². The van der Waals surface area contributed by atoms with Crippen molar-refractivity contribution in [1.82, 2.24) is 0 Å². The Morgan fingerprint density at radius 1 is 1.29 bits per heavy atom. The number of hydrogen-bond donors (Lipinski definition) is 0. The zero-order chi connectivity index (χ0) is 9.10. The van der Waals surface area contributed by atoms with Crippen LogP contribution in [0.1, 0.15) is 36.8 Å². The Balaban J connectivity index is 0.000000980. The normalized spacial score (nSPS) is 17.6. The van der Waals surface area contributed by atoms with Crippen LogP contribution in [0.25, 0.3) is 6.08 Å². The van der Waals surface area contributed by atoms with Crippen molar-refractivity contribution < 1.29 is 26.2 Å². The van der Waals surface area contributed by atoms with Gasteiger partial charge in [0.2, 0.25) is 0 Å². The summed E-state index contributed by atoms with van der Waals surface area (Å²) in [5.74, 6) is 0.635. The van der Waals surface area contributed by atoms with Crippen molar-refractivity contribution in [3.05, 3.63) is 47.9 Å². The molecule has 1 heteroatoms. The first-order chi connectivity index (χ1) is 6.42. The summed E-state index contributed by atoms with van der Waals surface area (Å²) in [6.07, 6.45) is 9.27. The van der Waals surface area contributed by atoms with Gasteiger partial charge in [-0.2, -0.15) is 12.8 Å². The van der Waals surface area contributed by atoms with Crippen LogP contribution in [0.2, 0.25) is 0 Å². The fourth-order valence-corrected chi connectivity index (χ4v) is 1.88. The Hall–Kier alpha value is -0.157. The molecule has 0 amide bonds. The van der Waals surface area contributed by atoms with Gasteiger partial charge in [-0.05, 0) is 17.0 Å². The van der Waals surface area contributed by atoms with Crippen LogP contribution in [0.5, 0.6) is 0 Å². The summed E-state index contributed by atoms with van der Waals surface area (Å²) in [7, 11) is 0. The predicted molar refractivity (Wildman–Crippen MR) is 57.4 cm³/mol. The quantitative estimate of drug-likeness (QED) is 0.727. The minimum Gasteiger partial charge on any atom is -0.328 e. The van der Waals surface area contributed by atoms with Gasteiger partial charge in [-0.25, -0.2) is 0 Å². The van der Waals surface area contributed by atoms with E-state index in [0.29, 0.717) is 5.92 Å². The van der Waals surface area contributed by atoms with Crippen molar-refractivity contribution >= 4 is 6.08 Å². The Labute approximate surface area is 106 Å². The van der Waals surface area contributed by atoms with E-state index < -0.39 is 0 Å². The first kappa shape index (κ1) is 11.9. The average molecular weight is 262 g/mol. The number of allylic oxidation sites excluding steroid dienone is 1. The molecule has 0 nitrogen and oxygen atoms in total. The van der Waals surface area contributed by atoms with Crippen LogP contribution in [-0.2, 0) is 26.2 Å². The Bertz CT molecular complexity index is 315. The van der Waals surface area contributed by atoms with Gasteiger partial charge in [0.15, 0.2) is 0 Å². The van der Waals surface area contributed by atoms with Crippen LogP contribution in [0, 0.1) is 6.42 Å². The fraction of sp³-hybridized carbons (Fsp3) is 0.308. The number of rotatable bonds is 3. The van der Waals surface area contributed by atoms with Gasteiger partial charge in [0.05, 0.1) is 0 Å². The molecule has 0 radical (unpaired) electrons. The minimum atomic E-state index is 0. The van der Waals surface area contributed by atoms with Crippen LogP contribution in [0.15, 0.2) is 30.3 Å². The summed E-state index contributed by atoms with van der Waals surface area (Å²) in [6, 6.07) is 8.67. The summed E-state index contributed by atoms with van der Waals surface area (Å²) in [4.78, 5) is 0. The van der Waals surface area contributed by atoms with Crippen LogP contribution >= 0.6 is 0 Å². The summed E-state index contributed by atoms with van der Waals surface area (Å²) >= 11 is 0. The zero-order valence-electron chi connectivity index (χ0n) is 8.53. The van der Waals surface area contributed by atoms with Crippen molar-refractivity contribution in [2.45, 2.75) is 25.7 Å². The van der Waals surface area contributed by atoms with Gasteiger partial charge < -0.3 is 6.42 Å². The van der Waals surface area contributed by atoms with Crippen molar-refractivity contribution in [3.8, 4) is 0 Å². The Morgan fingerprint density at radius 2 is 2.07 bits per heavy atom. The SMILES string of the molecule is CC[CH-]CC1C=Cc2ccccc21.[Zr]. The van der Waals surface area contributed by atoms with E-state index in [2.05, 4.69) is 49.8 Å². The molecule has 1 aromatic carbocycles. The predicted octanol–water partition coefficient (Wildman–Crippen LogP) is 3.80. The molecule has 1 aliphatic carbocycles. The second-order valence-corrected chi connectivity index (χ2v) is 3.53. The third kappa shape index (κ3) is 2.45. The molecule has 0 saturated heterocycles. The average Bonchev–Trinajstić information content (AvgIpc) is 2.58. The van der Waals surface area contributed by atoms with Gasteiger partial charge in [0.25, 0.3) is 0 Å². The largest absolute Gasteiger partial charge is 0.328 e. The first-order valence-electron chi connectivity index (χ1n) is 5.00. The monoisotopic (exact) mass is 261 g/mol. The van der Waals surface area contributed by atoms with E-state index >= 15 is 0 Å². The molecule has 2 rings (SSSR count). The maximum absolute atomic E-state index is 2.36. The van der Waals surface area contributed by atoms with E-state index in [1.165, 1.54) is 24.0 Å². The molecule has 0 aliphatic heterocycles. The molecule has 1 unspecified atom stereocenters. The molecular weight excluding hydrogens is 247 g/mol. The second-order valence-electron chi connectivity index (χ2n) is 3.53. The van der Waals surface area contributed by atoms with Crippen LogP contribution in [-0.4, -0.2) is 0 Å². The fourth-order valence-electron chi connectivity index (χ4n) is 1.88. The molecule has 72 valence electrons. The summed E-state index contributed by atoms with van der Waals surface area (Å²) in [5.41, 5.74) is 2.89. The molecule has 1 aliphatic rings. The van der Waals surface area contributed by atoms with E-state index in [9.17, 15) is 0 Å². The van der Waals surface area contributed by atoms with E-state index in [-0.39, 0.29) is 26.2 Å². The first-order valence-corrected chi connectivity index (χ1v) is 5.00. The maximum Gasteiger partial charge on any atom is 0 e. The number of benzene rings is 1. The van der Waals surface area contributed by atoms with Crippen molar-refractivity contribution in [2.75, 3.05) is 0 Å². The summed E-state index contributed by atoms with van der Waals surface area (Å²) < 4.78 is 0. The van der Waals surface area contributed by atoms with Gasteiger partial charge >= 0.3 is 0 Å². The Morgan fingerprint density at radius 3 is 2.86 bits per heavy atom. The molecule has 0 N–H and O–H groups in total. The molecule has 0 bridgehead atoms. The van der Waals surface area contributed by atoms with Gasteiger partial charge in [-0.3, -0.25) is 0 Å². The molecular formula is C13H15Zr-. The molecule has 0 spiro atoms. The molecule has 14 heavy (non-hydrogen) atoms. The topological polar surface area (TPSA) is 0 Å². The number of hydrogen-bond acceptors (Lipinski definition) is 0. The van der Waals surface area contributed by atoms with Crippen molar-refractivity contribution in [1.29, 1.82) is 0 Å². The van der Waals surface area contributed by atoms with Crippen molar-refractivity contribution in [2.24, 2.45) is 0 Å². The smallest absolute Gasteiger partial charge is 0 e. The standard InChI is InChI=1S/C13H15.Zr/c1-2-3-6-11-9-10-12-7-4-5-8-13(11)12;/h3-5,7-11H,2,6H2,1H3;/q-1;.